The summed E-state index contributed by atoms with van der Waals surface area (Å²) in [6.07, 6.45) is 0. The Morgan fingerprint density at radius 3 is 2.43 bits per heavy atom. The lowest BCUT2D eigenvalue weighted by Gasteiger charge is -2.15. The van der Waals surface area contributed by atoms with E-state index in [0.717, 1.165) is 15.9 Å². The van der Waals surface area contributed by atoms with Gasteiger partial charge in [0.15, 0.2) is 0 Å². The first-order valence-electron chi connectivity index (χ1n) is 9.24. The molecule has 3 aromatic rings. The zero-order chi connectivity index (χ0) is 22.1. The molecule has 30 heavy (non-hydrogen) atoms. The first-order chi connectivity index (χ1) is 14.1. The molecule has 9 nitrogen and oxygen atoms in total. The van der Waals surface area contributed by atoms with E-state index in [0.29, 0.717) is 17.3 Å². The molecule has 3 rings (SSSR count). The monoisotopic (exact) mass is 430 g/mol. The molecule has 0 spiro atoms. The summed E-state index contributed by atoms with van der Waals surface area (Å²) in [6.45, 7) is 5.58. The highest BCUT2D eigenvalue weighted by Crippen LogP contribution is 2.25. The molecule has 0 fully saturated rings. The van der Waals surface area contributed by atoms with Crippen LogP contribution in [-0.2, 0) is 16.6 Å². The molecule has 0 radical (unpaired) electrons. The molecule has 0 saturated heterocycles. The van der Waals surface area contributed by atoms with Gasteiger partial charge in [-0.3, -0.25) is 10.1 Å². The third-order valence-corrected chi connectivity index (χ3v) is 6.55. The third-order valence-electron chi connectivity index (χ3n) is 4.75. The largest absolute Gasteiger partial charge is 0.338 e. The Labute approximate surface area is 174 Å². The number of aromatic nitrogens is 2. The van der Waals surface area contributed by atoms with E-state index in [1.54, 1.807) is 6.92 Å². The van der Waals surface area contributed by atoms with Gasteiger partial charge < -0.3 is 4.52 Å². The summed E-state index contributed by atoms with van der Waals surface area (Å²) in [6, 6.07) is 11.5. The fourth-order valence-corrected chi connectivity index (χ4v) is 4.00. The number of sulfonamides is 1. The standard InChI is InChI=1S/C20H22N4O5S/c1-13(2)15-6-8-16(9-7-15)20-21-19(29-22-20)12-23(4)30(27,28)17-10-5-14(3)18(11-17)24(25)26/h5-11,13H,12H2,1-4H3. The first-order valence-corrected chi connectivity index (χ1v) is 10.7. The Kier molecular flexibility index (Phi) is 5.99. The molecule has 1 aromatic heterocycles. The van der Waals surface area contributed by atoms with Gasteiger partial charge in [0, 0.05) is 24.2 Å². The van der Waals surface area contributed by atoms with Gasteiger partial charge in [-0.1, -0.05) is 49.3 Å². The van der Waals surface area contributed by atoms with Crippen molar-refractivity contribution in [3.05, 3.63) is 69.6 Å². The van der Waals surface area contributed by atoms with Crippen molar-refractivity contribution in [1.29, 1.82) is 0 Å². The minimum atomic E-state index is -3.98. The second-order valence-electron chi connectivity index (χ2n) is 7.25. The van der Waals surface area contributed by atoms with E-state index < -0.39 is 14.9 Å². The van der Waals surface area contributed by atoms with Crippen molar-refractivity contribution in [3.8, 4) is 11.4 Å². The van der Waals surface area contributed by atoms with Gasteiger partial charge in [0.05, 0.1) is 16.4 Å². The highest BCUT2D eigenvalue weighted by atomic mass is 32.2. The Hall–Kier alpha value is -3.11. The molecule has 0 N–H and O–H groups in total. The molecule has 0 saturated carbocycles. The van der Waals surface area contributed by atoms with Crippen molar-refractivity contribution in [2.24, 2.45) is 0 Å². The van der Waals surface area contributed by atoms with Gasteiger partial charge in [0.1, 0.15) is 0 Å². The molecular formula is C20H22N4O5S. The lowest BCUT2D eigenvalue weighted by atomic mass is 10.0. The smallest absolute Gasteiger partial charge is 0.273 e. The molecule has 0 unspecified atom stereocenters. The SMILES string of the molecule is Cc1ccc(S(=O)(=O)N(C)Cc2nc(-c3ccc(C(C)C)cc3)no2)cc1[N+](=O)[O-]. The summed E-state index contributed by atoms with van der Waals surface area (Å²) in [4.78, 5) is 14.6. The van der Waals surface area contributed by atoms with Gasteiger partial charge in [-0.2, -0.15) is 9.29 Å². The topological polar surface area (TPSA) is 119 Å². The minimum absolute atomic E-state index is 0.116. The maximum Gasteiger partial charge on any atom is 0.273 e. The molecule has 0 amide bonds. The van der Waals surface area contributed by atoms with E-state index in [1.165, 1.54) is 24.7 Å². The van der Waals surface area contributed by atoms with Crippen LogP contribution in [0.5, 0.6) is 0 Å². The average Bonchev–Trinajstić information content (AvgIpc) is 3.16. The molecule has 1 heterocycles. The summed E-state index contributed by atoms with van der Waals surface area (Å²) in [5.41, 5.74) is 2.07. The van der Waals surface area contributed by atoms with Gasteiger partial charge in [-0.25, -0.2) is 8.42 Å². The number of nitro benzene ring substituents is 1. The molecule has 158 valence electrons. The predicted molar refractivity (Wildman–Crippen MR) is 110 cm³/mol. The van der Waals surface area contributed by atoms with Crippen LogP contribution < -0.4 is 0 Å². The van der Waals surface area contributed by atoms with Crippen LogP contribution in [0.1, 0.15) is 36.8 Å². The van der Waals surface area contributed by atoms with Crippen LogP contribution in [0.15, 0.2) is 51.9 Å². The Morgan fingerprint density at radius 1 is 1.17 bits per heavy atom. The van der Waals surface area contributed by atoms with E-state index in [9.17, 15) is 18.5 Å². The van der Waals surface area contributed by atoms with E-state index >= 15 is 0 Å². The van der Waals surface area contributed by atoms with E-state index in [1.807, 2.05) is 24.3 Å². The minimum Gasteiger partial charge on any atom is -0.338 e. The molecule has 0 aliphatic heterocycles. The third kappa shape index (κ3) is 4.39. The fraction of sp³-hybridized carbons (Fsp3) is 0.300. The van der Waals surface area contributed by atoms with Crippen LogP contribution in [0.2, 0.25) is 0 Å². The summed E-state index contributed by atoms with van der Waals surface area (Å²) in [7, 11) is -2.63. The number of benzene rings is 2. The fourth-order valence-electron chi connectivity index (χ4n) is 2.86. The van der Waals surface area contributed by atoms with Crippen LogP contribution in [0.25, 0.3) is 11.4 Å². The molecule has 0 bridgehead atoms. The summed E-state index contributed by atoms with van der Waals surface area (Å²) < 4.78 is 31.8. The average molecular weight is 430 g/mol. The summed E-state index contributed by atoms with van der Waals surface area (Å²) in [5.74, 6) is 0.874. The molecule has 0 atom stereocenters. The number of aryl methyl sites for hydroxylation is 1. The Balaban J connectivity index is 1.80. The van der Waals surface area contributed by atoms with Crippen molar-refractivity contribution in [2.75, 3.05) is 7.05 Å². The van der Waals surface area contributed by atoms with Gasteiger partial charge in [-0.15, -0.1) is 0 Å². The number of hydrogen-bond acceptors (Lipinski definition) is 7. The van der Waals surface area contributed by atoms with Gasteiger partial charge in [-0.05, 0) is 24.5 Å². The van der Waals surface area contributed by atoms with Crippen LogP contribution in [0.3, 0.4) is 0 Å². The molecule has 10 heteroatoms. The normalized spacial score (nSPS) is 11.9. The molecule has 0 aliphatic carbocycles. The van der Waals surface area contributed by atoms with Crippen molar-refractivity contribution < 1.29 is 17.9 Å². The summed E-state index contributed by atoms with van der Waals surface area (Å²) >= 11 is 0. The van der Waals surface area contributed by atoms with Crippen molar-refractivity contribution in [1.82, 2.24) is 14.4 Å². The van der Waals surface area contributed by atoms with Gasteiger partial charge in [0.25, 0.3) is 5.69 Å². The van der Waals surface area contributed by atoms with Crippen LogP contribution in [0.4, 0.5) is 5.69 Å². The highest BCUT2D eigenvalue weighted by Gasteiger charge is 2.26. The Morgan fingerprint density at radius 2 is 1.83 bits per heavy atom. The lowest BCUT2D eigenvalue weighted by Crippen LogP contribution is -2.26. The zero-order valence-electron chi connectivity index (χ0n) is 17.1. The van der Waals surface area contributed by atoms with Crippen LogP contribution in [-0.4, -0.2) is 34.8 Å². The second-order valence-corrected chi connectivity index (χ2v) is 9.30. The quantitative estimate of drug-likeness (QED) is 0.412. The van der Waals surface area contributed by atoms with Crippen molar-refractivity contribution >= 4 is 15.7 Å². The maximum absolute atomic E-state index is 12.8. The van der Waals surface area contributed by atoms with E-state index in [-0.39, 0.29) is 23.0 Å². The molecule has 0 aliphatic rings. The highest BCUT2D eigenvalue weighted by molar-refractivity contribution is 7.89. The van der Waals surface area contributed by atoms with Crippen LogP contribution >= 0.6 is 0 Å². The Bertz CT molecular complexity index is 1170. The van der Waals surface area contributed by atoms with Crippen molar-refractivity contribution in [3.63, 3.8) is 0 Å². The molecular weight excluding hydrogens is 408 g/mol. The lowest BCUT2D eigenvalue weighted by molar-refractivity contribution is -0.385. The number of nitro groups is 1. The van der Waals surface area contributed by atoms with Crippen molar-refractivity contribution in [2.45, 2.75) is 38.1 Å². The maximum atomic E-state index is 12.8. The van der Waals surface area contributed by atoms with Crippen LogP contribution in [0, 0.1) is 17.0 Å². The van der Waals surface area contributed by atoms with E-state index in [2.05, 4.69) is 24.0 Å². The number of hydrogen-bond donors (Lipinski definition) is 0. The molecule has 2 aromatic carbocycles. The number of nitrogens with zero attached hydrogens (tertiary/aromatic N) is 4. The van der Waals surface area contributed by atoms with Gasteiger partial charge in [0.2, 0.25) is 21.7 Å². The second kappa shape index (κ2) is 8.33. The number of rotatable bonds is 7. The zero-order valence-corrected chi connectivity index (χ0v) is 17.9. The predicted octanol–water partition coefficient (Wildman–Crippen LogP) is 3.90. The summed E-state index contributed by atoms with van der Waals surface area (Å²) in [5, 5.41) is 15.0. The van der Waals surface area contributed by atoms with Gasteiger partial charge >= 0.3 is 0 Å². The van der Waals surface area contributed by atoms with E-state index in [4.69, 9.17) is 4.52 Å². The first kappa shape index (κ1) is 21.6.